The van der Waals surface area contributed by atoms with Crippen LogP contribution in [0, 0.1) is 6.92 Å². The molecule has 4 aromatic rings. The van der Waals surface area contributed by atoms with Gasteiger partial charge in [-0.05, 0) is 25.1 Å². The van der Waals surface area contributed by atoms with E-state index in [1.54, 1.807) is 37.5 Å². The molecule has 0 aliphatic heterocycles. The second kappa shape index (κ2) is 8.27. The van der Waals surface area contributed by atoms with E-state index in [2.05, 4.69) is 35.5 Å². The number of anilines is 2. The molecule has 0 spiro atoms. The molecule has 0 aliphatic rings. The molecule has 0 bridgehead atoms. The van der Waals surface area contributed by atoms with Crippen molar-refractivity contribution in [3.63, 3.8) is 0 Å². The predicted molar refractivity (Wildman–Crippen MR) is 107 cm³/mol. The Labute approximate surface area is 170 Å². The van der Waals surface area contributed by atoms with Gasteiger partial charge in [-0.15, -0.1) is 5.10 Å². The van der Waals surface area contributed by atoms with Crippen LogP contribution in [0.5, 0.6) is 0 Å². The van der Waals surface area contributed by atoms with Gasteiger partial charge in [0.25, 0.3) is 0 Å². The second-order valence-corrected chi connectivity index (χ2v) is 6.11. The first-order chi connectivity index (χ1) is 13.9. The van der Waals surface area contributed by atoms with Crippen molar-refractivity contribution in [3.8, 4) is 22.6 Å². The average molecular weight is 413 g/mol. The van der Waals surface area contributed by atoms with E-state index in [0.717, 1.165) is 6.07 Å². The zero-order valence-electron chi connectivity index (χ0n) is 15.1. The molecule has 0 atom stereocenters. The number of rotatable bonds is 4. The van der Waals surface area contributed by atoms with Gasteiger partial charge < -0.3 is 5.32 Å². The van der Waals surface area contributed by atoms with Gasteiger partial charge in [0.2, 0.25) is 5.95 Å². The van der Waals surface area contributed by atoms with E-state index in [1.807, 2.05) is 0 Å². The SMILES string of the molecule is C.Cc1nc(Nc2cc(-c3ccncc3)nc(-c3ccccc3C(F)(F)F)n2)n[nH]1. The summed E-state index contributed by atoms with van der Waals surface area (Å²) in [7, 11) is 0. The van der Waals surface area contributed by atoms with E-state index >= 15 is 0 Å². The van der Waals surface area contributed by atoms with Gasteiger partial charge in [-0.3, -0.25) is 10.1 Å². The first kappa shape index (κ1) is 20.9. The number of H-pyrrole nitrogens is 1. The number of alkyl halides is 3. The number of aromatic nitrogens is 6. The lowest BCUT2D eigenvalue weighted by Crippen LogP contribution is -2.09. The fourth-order valence-corrected chi connectivity index (χ4v) is 2.74. The summed E-state index contributed by atoms with van der Waals surface area (Å²) in [5.74, 6) is 1.02. The highest BCUT2D eigenvalue weighted by Gasteiger charge is 2.34. The van der Waals surface area contributed by atoms with E-state index in [0.29, 0.717) is 17.1 Å². The Bertz CT molecular complexity index is 1140. The number of hydrogen-bond acceptors (Lipinski definition) is 6. The lowest BCUT2D eigenvalue weighted by Gasteiger charge is -2.13. The van der Waals surface area contributed by atoms with Crippen molar-refractivity contribution in [1.82, 2.24) is 30.1 Å². The highest BCUT2D eigenvalue weighted by atomic mass is 19.4. The number of nitrogens with one attached hydrogen (secondary N) is 2. The zero-order chi connectivity index (χ0) is 20.4. The largest absolute Gasteiger partial charge is 0.417 e. The second-order valence-electron chi connectivity index (χ2n) is 6.11. The van der Waals surface area contributed by atoms with Gasteiger partial charge in [0.15, 0.2) is 5.82 Å². The molecule has 10 heteroatoms. The first-order valence-corrected chi connectivity index (χ1v) is 8.52. The Balaban J connectivity index is 0.00000256. The maximum Gasteiger partial charge on any atom is 0.417 e. The molecule has 3 heterocycles. The number of benzene rings is 1. The summed E-state index contributed by atoms with van der Waals surface area (Å²) in [6.45, 7) is 1.73. The zero-order valence-corrected chi connectivity index (χ0v) is 15.1. The van der Waals surface area contributed by atoms with Crippen molar-refractivity contribution in [3.05, 3.63) is 66.2 Å². The van der Waals surface area contributed by atoms with Crippen LogP contribution in [0.3, 0.4) is 0 Å². The van der Waals surface area contributed by atoms with Gasteiger partial charge in [0.1, 0.15) is 11.6 Å². The number of pyridine rings is 1. The standard InChI is InChI=1S/C19H14F3N7.CH4/c1-11-24-18(29-28-11)27-16-10-15(12-6-8-23-9-7-12)25-17(26-16)13-4-2-3-5-14(13)19(20,21)22;/h2-10H,1H3,(H2,24,25,26,27,28,29);1H4. The Morgan fingerprint density at radius 3 is 2.37 bits per heavy atom. The Morgan fingerprint density at radius 2 is 1.70 bits per heavy atom. The Morgan fingerprint density at radius 1 is 0.967 bits per heavy atom. The molecule has 4 rings (SSSR count). The average Bonchev–Trinajstić information content (AvgIpc) is 3.12. The van der Waals surface area contributed by atoms with Crippen LogP contribution < -0.4 is 5.32 Å². The topological polar surface area (TPSA) is 92.3 Å². The van der Waals surface area contributed by atoms with Crippen LogP contribution >= 0.6 is 0 Å². The normalized spacial score (nSPS) is 11.1. The summed E-state index contributed by atoms with van der Waals surface area (Å²) in [5, 5.41) is 9.56. The van der Waals surface area contributed by atoms with Crippen LogP contribution in [0.2, 0.25) is 0 Å². The molecule has 154 valence electrons. The third-order valence-corrected chi connectivity index (χ3v) is 4.01. The Hall–Kier alpha value is -3.82. The maximum atomic E-state index is 13.5. The van der Waals surface area contributed by atoms with Gasteiger partial charge in [0.05, 0.1) is 11.3 Å². The van der Waals surface area contributed by atoms with Gasteiger partial charge in [-0.2, -0.15) is 18.2 Å². The van der Waals surface area contributed by atoms with Gasteiger partial charge in [-0.25, -0.2) is 9.97 Å². The molecule has 0 saturated heterocycles. The third kappa shape index (κ3) is 4.43. The van der Waals surface area contributed by atoms with Crippen molar-refractivity contribution in [2.45, 2.75) is 20.5 Å². The number of hydrogen-bond donors (Lipinski definition) is 2. The molecule has 0 fully saturated rings. The molecule has 3 aromatic heterocycles. The van der Waals surface area contributed by atoms with Crippen LogP contribution in [0.1, 0.15) is 18.8 Å². The van der Waals surface area contributed by atoms with E-state index in [9.17, 15) is 13.2 Å². The van der Waals surface area contributed by atoms with Gasteiger partial charge in [-0.1, -0.05) is 25.6 Å². The first-order valence-electron chi connectivity index (χ1n) is 8.52. The molecule has 0 saturated carbocycles. The van der Waals surface area contributed by atoms with Crippen molar-refractivity contribution in [2.75, 3.05) is 5.32 Å². The minimum atomic E-state index is -4.54. The Kier molecular flexibility index (Phi) is 5.77. The lowest BCUT2D eigenvalue weighted by atomic mass is 10.1. The quantitative estimate of drug-likeness (QED) is 0.487. The monoisotopic (exact) mass is 413 g/mol. The van der Waals surface area contributed by atoms with Crippen molar-refractivity contribution >= 4 is 11.8 Å². The molecule has 0 amide bonds. The smallest absolute Gasteiger partial charge is 0.307 e. The van der Waals surface area contributed by atoms with Gasteiger partial charge >= 0.3 is 6.18 Å². The molecule has 0 unspecified atom stereocenters. The summed E-state index contributed by atoms with van der Waals surface area (Å²) in [6, 6.07) is 10.2. The molecule has 0 aliphatic carbocycles. The number of aromatic amines is 1. The maximum absolute atomic E-state index is 13.5. The minimum Gasteiger partial charge on any atom is -0.307 e. The molecule has 2 N–H and O–H groups in total. The lowest BCUT2D eigenvalue weighted by molar-refractivity contribution is -0.137. The summed E-state index contributed by atoms with van der Waals surface area (Å²) in [4.78, 5) is 16.7. The number of halogens is 3. The third-order valence-electron chi connectivity index (χ3n) is 4.01. The fourth-order valence-electron chi connectivity index (χ4n) is 2.74. The summed E-state index contributed by atoms with van der Waals surface area (Å²) in [6.07, 6.45) is -1.39. The van der Waals surface area contributed by atoms with Crippen LogP contribution in [0.4, 0.5) is 24.9 Å². The highest BCUT2D eigenvalue weighted by molar-refractivity contribution is 5.70. The molecule has 0 radical (unpaired) electrons. The van der Waals surface area contributed by atoms with E-state index in [1.165, 1.54) is 18.2 Å². The van der Waals surface area contributed by atoms with E-state index in [4.69, 9.17) is 0 Å². The van der Waals surface area contributed by atoms with E-state index in [-0.39, 0.29) is 30.6 Å². The van der Waals surface area contributed by atoms with Crippen LogP contribution in [-0.4, -0.2) is 30.1 Å². The summed E-state index contributed by atoms with van der Waals surface area (Å²) < 4.78 is 40.5. The minimum absolute atomic E-state index is 0. The summed E-state index contributed by atoms with van der Waals surface area (Å²) >= 11 is 0. The van der Waals surface area contributed by atoms with Crippen LogP contribution in [-0.2, 0) is 6.18 Å². The van der Waals surface area contributed by atoms with Crippen LogP contribution in [0.25, 0.3) is 22.6 Å². The van der Waals surface area contributed by atoms with Gasteiger partial charge in [0, 0.05) is 29.6 Å². The van der Waals surface area contributed by atoms with Crippen molar-refractivity contribution < 1.29 is 13.2 Å². The van der Waals surface area contributed by atoms with Crippen molar-refractivity contribution in [2.24, 2.45) is 0 Å². The molecule has 1 aromatic carbocycles. The molecular weight excluding hydrogens is 395 g/mol. The molecular formula is C20H18F3N7. The van der Waals surface area contributed by atoms with Crippen LogP contribution in [0.15, 0.2) is 54.9 Å². The van der Waals surface area contributed by atoms with Crippen molar-refractivity contribution in [1.29, 1.82) is 0 Å². The highest BCUT2D eigenvalue weighted by Crippen LogP contribution is 2.36. The summed E-state index contributed by atoms with van der Waals surface area (Å²) in [5.41, 5.74) is 0.184. The molecule has 7 nitrogen and oxygen atoms in total. The molecule has 30 heavy (non-hydrogen) atoms. The number of aryl methyl sites for hydroxylation is 1. The predicted octanol–water partition coefficient (Wildman–Crippen LogP) is 5.03. The number of nitrogens with zero attached hydrogens (tertiary/aromatic N) is 5. The van der Waals surface area contributed by atoms with E-state index < -0.39 is 11.7 Å². The fraction of sp³-hybridized carbons (Fsp3) is 0.150.